The lowest BCUT2D eigenvalue weighted by Gasteiger charge is -2.36. The number of aromatic amines is 1. The van der Waals surface area contributed by atoms with E-state index in [-0.39, 0.29) is 11.6 Å². The van der Waals surface area contributed by atoms with Crippen LogP contribution in [-0.2, 0) is 16.6 Å². The fourth-order valence-corrected chi connectivity index (χ4v) is 4.56. The van der Waals surface area contributed by atoms with Gasteiger partial charge in [-0.05, 0) is 19.4 Å². The van der Waals surface area contributed by atoms with Gasteiger partial charge in [-0.3, -0.25) is 10.00 Å². The second-order valence-corrected chi connectivity index (χ2v) is 7.00. The van der Waals surface area contributed by atoms with Crippen molar-refractivity contribution in [2.45, 2.75) is 30.5 Å². The van der Waals surface area contributed by atoms with E-state index in [2.05, 4.69) is 15.1 Å². The highest BCUT2D eigenvalue weighted by atomic mass is 32.2. The maximum absolute atomic E-state index is 12.6. The van der Waals surface area contributed by atoms with Gasteiger partial charge in [-0.25, -0.2) is 8.42 Å². The molecule has 0 spiro atoms. The number of nitrogens with one attached hydrogen (secondary N) is 1. The summed E-state index contributed by atoms with van der Waals surface area (Å²) in [5, 5.41) is 6.53. The van der Waals surface area contributed by atoms with Gasteiger partial charge in [-0.15, -0.1) is 0 Å². The molecule has 7 nitrogen and oxygen atoms in total. The van der Waals surface area contributed by atoms with Crippen LogP contribution in [0.4, 0.5) is 0 Å². The van der Waals surface area contributed by atoms with Crippen molar-refractivity contribution in [3.05, 3.63) is 11.8 Å². The van der Waals surface area contributed by atoms with E-state index in [9.17, 15) is 8.42 Å². The Bertz CT molecular complexity index is 555. The van der Waals surface area contributed by atoms with Gasteiger partial charge in [0.25, 0.3) is 10.0 Å². The molecule has 2 fully saturated rings. The predicted molar refractivity (Wildman–Crippen MR) is 69.8 cm³/mol. The lowest BCUT2D eigenvalue weighted by molar-refractivity contribution is 0.158. The number of nitrogens with zero attached hydrogens (tertiary/aromatic N) is 3. The molecule has 0 aliphatic carbocycles. The average molecular weight is 285 g/mol. The number of fused-ring (bicyclic) bond motifs is 1. The van der Waals surface area contributed by atoms with E-state index in [1.165, 1.54) is 6.20 Å². The molecule has 3 rings (SSSR count). The standard InChI is InChI=1S/C11H19N5O2S/c12-6-9-7-13-14-11(9)19(17,18)16-5-4-15-3-1-2-10(15)8-16/h7,10H,1-6,8,12H2,(H,13,14). The van der Waals surface area contributed by atoms with Crippen LogP contribution in [0.1, 0.15) is 18.4 Å². The van der Waals surface area contributed by atoms with Gasteiger partial charge < -0.3 is 5.73 Å². The van der Waals surface area contributed by atoms with Gasteiger partial charge in [0.05, 0.1) is 6.20 Å². The Kier molecular flexibility index (Phi) is 3.34. The van der Waals surface area contributed by atoms with Gasteiger partial charge in [0.1, 0.15) is 0 Å². The van der Waals surface area contributed by atoms with Crippen molar-refractivity contribution in [3.8, 4) is 0 Å². The number of piperazine rings is 1. The van der Waals surface area contributed by atoms with E-state index in [1.54, 1.807) is 4.31 Å². The van der Waals surface area contributed by atoms with Crippen LogP contribution >= 0.6 is 0 Å². The molecule has 1 aromatic rings. The highest BCUT2D eigenvalue weighted by Crippen LogP contribution is 2.26. The summed E-state index contributed by atoms with van der Waals surface area (Å²) in [6, 6.07) is 0.368. The first-order chi connectivity index (χ1) is 9.13. The molecule has 1 unspecified atom stereocenters. The molecular formula is C11H19N5O2S. The van der Waals surface area contributed by atoms with Crippen molar-refractivity contribution < 1.29 is 8.42 Å². The van der Waals surface area contributed by atoms with Crippen LogP contribution in [-0.4, -0.2) is 60.0 Å². The summed E-state index contributed by atoms with van der Waals surface area (Å²) in [5.74, 6) is 0. The molecule has 0 radical (unpaired) electrons. The van der Waals surface area contributed by atoms with Crippen molar-refractivity contribution in [2.24, 2.45) is 5.73 Å². The van der Waals surface area contributed by atoms with Crippen LogP contribution in [0.3, 0.4) is 0 Å². The van der Waals surface area contributed by atoms with Crippen LogP contribution in [0, 0.1) is 0 Å². The summed E-state index contributed by atoms with van der Waals surface area (Å²) in [6.45, 7) is 3.20. The zero-order valence-electron chi connectivity index (χ0n) is 10.7. The first-order valence-electron chi connectivity index (χ1n) is 6.59. The van der Waals surface area contributed by atoms with Crippen molar-refractivity contribution >= 4 is 10.0 Å². The summed E-state index contributed by atoms with van der Waals surface area (Å²) in [5.41, 5.74) is 6.11. The van der Waals surface area contributed by atoms with E-state index in [1.807, 2.05) is 0 Å². The molecule has 3 heterocycles. The molecule has 0 aromatic carbocycles. The van der Waals surface area contributed by atoms with Gasteiger partial charge in [-0.2, -0.15) is 9.40 Å². The highest BCUT2D eigenvalue weighted by molar-refractivity contribution is 7.89. The normalized spacial score (nSPS) is 25.6. The first-order valence-corrected chi connectivity index (χ1v) is 8.03. The zero-order valence-corrected chi connectivity index (χ0v) is 11.6. The Balaban J connectivity index is 1.85. The molecular weight excluding hydrogens is 266 g/mol. The number of rotatable bonds is 3. The molecule has 106 valence electrons. The second-order valence-electron chi connectivity index (χ2n) is 5.12. The van der Waals surface area contributed by atoms with Crippen molar-refractivity contribution in [2.75, 3.05) is 26.2 Å². The summed E-state index contributed by atoms with van der Waals surface area (Å²) < 4.78 is 26.8. The van der Waals surface area contributed by atoms with E-state index >= 15 is 0 Å². The number of hydrogen-bond donors (Lipinski definition) is 2. The van der Waals surface area contributed by atoms with Crippen LogP contribution in [0.2, 0.25) is 0 Å². The molecule has 2 saturated heterocycles. The van der Waals surface area contributed by atoms with Crippen molar-refractivity contribution in [1.29, 1.82) is 0 Å². The fourth-order valence-electron chi connectivity index (χ4n) is 2.98. The monoisotopic (exact) mass is 285 g/mol. The molecule has 0 amide bonds. The Labute approximate surface area is 112 Å². The summed E-state index contributed by atoms with van der Waals surface area (Å²) in [6.07, 6.45) is 3.73. The minimum absolute atomic E-state index is 0.154. The Morgan fingerprint density at radius 2 is 2.26 bits per heavy atom. The van der Waals surface area contributed by atoms with E-state index in [0.29, 0.717) is 24.7 Å². The third-order valence-corrected chi connectivity index (χ3v) is 5.93. The topological polar surface area (TPSA) is 95.3 Å². The number of aromatic nitrogens is 2. The molecule has 2 aliphatic heterocycles. The van der Waals surface area contributed by atoms with Crippen LogP contribution in [0.5, 0.6) is 0 Å². The lowest BCUT2D eigenvalue weighted by atomic mass is 10.2. The van der Waals surface area contributed by atoms with Gasteiger partial charge in [0.2, 0.25) is 0 Å². The minimum Gasteiger partial charge on any atom is -0.326 e. The lowest BCUT2D eigenvalue weighted by Crippen LogP contribution is -2.52. The molecule has 8 heteroatoms. The SMILES string of the molecule is NCc1cn[nH]c1S(=O)(=O)N1CCN2CCCC2C1. The number of nitrogens with two attached hydrogens (primary N) is 1. The molecule has 2 aliphatic rings. The van der Waals surface area contributed by atoms with Gasteiger partial charge in [0.15, 0.2) is 5.03 Å². The third-order valence-electron chi connectivity index (χ3n) is 4.05. The predicted octanol–water partition coefficient (Wildman–Crippen LogP) is -0.663. The zero-order chi connectivity index (χ0) is 13.5. The Morgan fingerprint density at radius 1 is 1.42 bits per heavy atom. The number of H-pyrrole nitrogens is 1. The van der Waals surface area contributed by atoms with Gasteiger partial charge in [0, 0.05) is 37.8 Å². The van der Waals surface area contributed by atoms with Gasteiger partial charge >= 0.3 is 0 Å². The van der Waals surface area contributed by atoms with E-state index < -0.39 is 10.0 Å². The number of hydrogen-bond acceptors (Lipinski definition) is 5. The summed E-state index contributed by atoms with van der Waals surface area (Å²) in [7, 11) is -3.49. The van der Waals surface area contributed by atoms with E-state index in [4.69, 9.17) is 5.73 Å². The smallest absolute Gasteiger partial charge is 0.260 e. The molecule has 0 saturated carbocycles. The van der Waals surface area contributed by atoms with Gasteiger partial charge in [-0.1, -0.05) is 0 Å². The minimum atomic E-state index is -3.49. The maximum Gasteiger partial charge on any atom is 0.260 e. The first kappa shape index (κ1) is 13.0. The van der Waals surface area contributed by atoms with Crippen molar-refractivity contribution in [1.82, 2.24) is 19.4 Å². The molecule has 19 heavy (non-hydrogen) atoms. The number of sulfonamides is 1. The Morgan fingerprint density at radius 3 is 3.05 bits per heavy atom. The summed E-state index contributed by atoms with van der Waals surface area (Å²) in [4.78, 5) is 2.38. The fraction of sp³-hybridized carbons (Fsp3) is 0.727. The van der Waals surface area contributed by atoms with Crippen molar-refractivity contribution in [3.63, 3.8) is 0 Å². The largest absolute Gasteiger partial charge is 0.326 e. The second kappa shape index (κ2) is 4.86. The molecule has 0 bridgehead atoms. The molecule has 1 aromatic heterocycles. The van der Waals surface area contributed by atoms with Crippen LogP contribution in [0.15, 0.2) is 11.2 Å². The quantitative estimate of drug-likeness (QED) is 0.768. The molecule has 3 N–H and O–H groups in total. The van der Waals surface area contributed by atoms with E-state index in [0.717, 1.165) is 25.9 Å². The highest BCUT2D eigenvalue weighted by Gasteiger charge is 2.37. The Hall–Kier alpha value is -0.960. The average Bonchev–Trinajstić information content (AvgIpc) is 3.06. The maximum atomic E-state index is 12.6. The van der Waals surface area contributed by atoms with Crippen LogP contribution in [0.25, 0.3) is 0 Å². The summed E-state index contributed by atoms with van der Waals surface area (Å²) >= 11 is 0. The van der Waals surface area contributed by atoms with Crippen LogP contribution < -0.4 is 5.73 Å². The third kappa shape index (κ3) is 2.18. The molecule has 1 atom stereocenters.